The van der Waals surface area contributed by atoms with E-state index in [9.17, 15) is 5.11 Å². The van der Waals surface area contributed by atoms with Crippen LogP contribution in [0.5, 0.6) is 11.8 Å². The maximum atomic E-state index is 10.8. The van der Waals surface area contributed by atoms with Gasteiger partial charge in [0.2, 0.25) is 11.8 Å². The molecule has 1 heterocycles. The molecule has 136 valence electrons. The molecule has 0 fully saturated rings. The van der Waals surface area contributed by atoms with E-state index >= 15 is 0 Å². The molecule has 2 rings (SSSR count). The Morgan fingerprint density at radius 2 is 1.80 bits per heavy atom. The van der Waals surface area contributed by atoms with E-state index in [-0.39, 0.29) is 5.82 Å². The topological polar surface area (TPSA) is 99.7 Å². The molecule has 0 amide bonds. The quantitative estimate of drug-likeness (QED) is 0.508. The zero-order valence-electron chi connectivity index (χ0n) is 14.5. The van der Waals surface area contributed by atoms with Gasteiger partial charge in [-0.05, 0) is 18.6 Å². The second kappa shape index (κ2) is 8.98. The van der Waals surface area contributed by atoms with Gasteiger partial charge in [0.25, 0.3) is 0 Å². The number of aliphatic hydroxyl groups excluding tert-OH is 1. The maximum absolute atomic E-state index is 10.8. The van der Waals surface area contributed by atoms with E-state index in [1.807, 2.05) is 13.0 Å². The summed E-state index contributed by atoms with van der Waals surface area (Å²) in [6, 6.07) is 5.14. The highest BCUT2D eigenvalue weighted by molar-refractivity contribution is 9.10. The van der Waals surface area contributed by atoms with E-state index in [4.69, 9.17) is 19.9 Å². The smallest absolute Gasteiger partial charge is 0.220 e. The number of benzene rings is 1. The Morgan fingerprint density at radius 1 is 1.16 bits per heavy atom. The highest BCUT2D eigenvalue weighted by Crippen LogP contribution is 2.32. The molecule has 0 bridgehead atoms. The normalized spacial score (nSPS) is 12.0. The van der Waals surface area contributed by atoms with Crippen LogP contribution in [0.1, 0.15) is 36.4 Å². The minimum Gasteiger partial charge on any atom is -0.481 e. The first-order valence-electron chi connectivity index (χ1n) is 7.80. The van der Waals surface area contributed by atoms with Crippen molar-refractivity contribution in [3.63, 3.8) is 0 Å². The average Bonchev–Trinajstić information content (AvgIpc) is 2.63. The highest BCUT2D eigenvalue weighted by Gasteiger charge is 2.21. The minimum absolute atomic E-state index is 0.140. The summed E-state index contributed by atoms with van der Waals surface area (Å²) in [6.45, 7) is 3.04. The molecule has 8 heteroatoms. The minimum atomic E-state index is -1.13. The fourth-order valence-corrected chi connectivity index (χ4v) is 2.78. The van der Waals surface area contributed by atoms with E-state index in [1.165, 1.54) is 20.3 Å². The molecule has 0 aliphatic heterocycles. The van der Waals surface area contributed by atoms with Crippen molar-refractivity contribution < 1.29 is 19.3 Å². The first-order chi connectivity index (χ1) is 12.0. The second-order valence-corrected chi connectivity index (χ2v) is 6.25. The Kier molecular flexibility index (Phi) is 6.98. The van der Waals surface area contributed by atoms with Crippen LogP contribution in [0.4, 0.5) is 5.69 Å². The third kappa shape index (κ3) is 4.81. The number of rotatable bonds is 8. The molecule has 1 unspecified atom stereocenters. The van der Waals surface area contributed by atoms with Crippen LogP contribution in [0.2, 0.25) is 0 Å². The third-order valence-electron chi connectivity index (χ3n) is 3.52. The fourth-order valence-electron chi connectivity index (χ4n) is 2.26. The third-order valence-corrected chi connectivity index (χ3v) is 3.98. The van der Waals surface area contributed by atoms with Gasteiger partial charge in [-0.2, -0.15) is 9.97 Å². The van der Waals surface area contributed by atoms with E-state index < -0.39 is 6.10 Å². The number of halogens is 1. The summed E-state index contributed by atoms with van der Waals surface area (Å²) in [7, 11) is 2.96. The first kappa shape index (κ1) is 19.4. The SMILES string of the molecule is CCCOCc1cc(Br)cc(C(O)c2nc(OC)cc(OC)n2)c1N. The largest absolute Gasteiger partial charge is 0.481 e. The maximum Gasteiger partial charge on any atom is 0.220 e. The fraction of sp³-hybridized carbons (Fsp3) is 0.412. The van der Waals surface area contributed by atoms with Crippen molar-refractivity contribution >= 4 is 21.6 Å². The van der Waals surface area contributed by atoms with E-state index in [0.717, 1.165) is 16.5 Å². The molecule has 3 N–H and O–H groups in total. The molecule has 1 aromatic carbocycles. The standard InChI is InChI=1S/C17H22BrN3O4/c1-4-5-25-9-10-6-11(18)7-12(15(10)19)16(22)17-20-13(23-2)8-14(21-17)24-3/h6-8,16,22H,4-5,9,19H2,1-3H3. The lowest BCUT2D eigenvalue weighted by Gasteiger charge is -2.17. The van der Waals surface area contributed by atoms with Crippen molar-refractivity contribution in [2.75, 3.05) is 26.6 Å². The van der Waals surface area contributed by atoms with Gasteiger partial charge in [-0.3, -0.25) is 0 Å². The van der Waals surface area contributed by atoms with Gasteiger partial charge in [-0.15, -0.1) is 0 Å². The number of aliphatic hydroxyl groups is 1. The number of hydrogen-bond acceptors (Lipinski definition) is 7. The Bertz CT molecular complexity index is 705. The van der Waals surface area contributed by atoms with Crippen LogP contribution in [-0.2, 0) is 11.3 Å². The second-order valence-electron chi connectivity index (χ2n) is 5.33. The van der Waals surface area contributed by atoms with Crippen molar-refractivity contribution in [2.45, 2.75) is 26.1 Å². The molecule has 25 heavy (non-hydrogen) atoms. The molecule has 2 aromatic rings. The van der Waals surface area contributed by atoms with Crippen LogP contribution in [0, 0.1) is 0 Å². The number of nitrogen functional groups attached to an aromatic ring is 1. The molecule has 0 saturated heterocycles. The zero-order valence-corrected chi connectivity index (χ0v) is 16.0. The van der Waals surface area contributed by atoms with Gasteiger partial charge in [0.05, 0.1) is 26.9 Å². The Hall–Kier alpha value is -1.90. The van der Waals surface area contributed by atoms with Crippen LogP contribution < -0.4 is 15.2 Å². The van der Waals surface area contributed by atoms with Crippen LogP contribution in [0.3, 0.4) is 0 Å². The number of ether oxygens (including phenoxy) is 3. The lowest BCUT2D eigenvalue weighted by Crippen LogP contribution is -2.11. The van der Waals surface area contributed by atoms with E-state index in [1.54, 1.807) is 6.07 Å². The summed E-state index contributed by atoms with van der Waals surface area (Å²) < 4.78 is 16.6. The number of methoxy groups -OCH3 is 2. The summed E-state index contributed by atoms with van der Waals surface area (Å²) in [5.41, 5.74) is 7.95. The Balaban J connectivity index is 2.40. The predicted octanol–water partition coefficient (Wildman–Crippen LogP) is 2.85. The van der Waals surface area contributed by atoms with Gasteiger partial charge in [0, 0.05) is 27.9 Å². The summed E-state index contributed by atoms with van der Waals surface area (Å²) in [5, 5.41) is 10.8. The molecular formula is C17H22BrN3O4. The van der Waals surface area contributed by atoms with Gasteiger partial charge in [0.1, 0.15) is 6.10 Å². The number of nitrogens with two attached hydrogens (primary N) is 1. The lowest BCUT2D eigenvalue weighted by atomic mass is 10.0. The summed E-state index contributed by atoms with van der Waals surface area (Å²) in [6.07, 6.45) is -0.215. The van der Waals surface area contributed by atoms with Crippen LogP contribution in [0.15, 0.2) is 22.7 Å². The molecule has 0 aliphatic rings. The molecule has 1 atom stereocenters. The van der Waals surface area contributed by atoms with Gasteiger partial charge in [-0.1, -0.05) is 22.9 Å². The van der Waals surface area contributed by atoms with Crippen LogP contribution >= 0.6 is 15.9 Å². The van der Waals surface area contributed by atoms with Crippen molar-refractivity contribution in [3.8, 4) is 11.8 Å². The van der Waals surface area contributed by atoms with Crippen LogP contribution in [-0.4, -0.2) is 35.9 Å². The van der Waals surface area contributed by atoms with Crippen molar-refractivity contribution in [1.29, 1.82) is 0 Å². The van der Waals surface area contributed by atoms with Gasteiger partial charge in [-0.25, -0.2) is 0 Å². The molecule has 0 spiro atoms. The van der Waals surface area contributed by atoms with Gasteiger partial charge >= 0.3 is 0 Å². The number of nitrogens with zero attached hydrogens (tertiary/aromatic N) is 2. The van der Waals surface area contributed by atoms with Crippen molar-refractivity contribution in [3.05, 3.63) is 39.6 Å². The van der Waals surface area contributed by atoms with E-state index in [0.29, 0.717) is 36.2 Å². The molecule has 0 aliphatic carbocycles. The summed E-state index contributed by atoms with van der Waals surface area (Å²) in [5.74, 6) is 0.725. The van der Waals surface area contributed by atoms with Gasteiger partial charge in [0.15, 0.2) is 5.82 Å². The zero-order chi connectivity index (χ0) is 18.4. The molecule has 0 saturated carbocycles. The van der Waals surface area contributed by atoms with Crippen molar-refractivity contribution in [2.24, 2.45) is 0 Å². The van der Waals surface area contributed by atoms with Gasteiger partial charge < -0.3 is 25.1 Å². The first-order valence-corrected chi connectivity index (χ1v) is 8.60. The number of anilines is 1. The Morgan fingerprint density at radius 3 is 2.36 bits per heavy atom. The Labute approximate surface area is 155 Å². The molecular weight excluding hydrogens is 390 g/mol. The lowest BCUT2D eigenvalue weighted by molar-refractivity contribution is 0.121. The van der Waals surface area contributed by atoms with E-state index in [2.05, 4.69) is 25.9 Å². The monoisotopic (exact) mass is 411 g/mol. The molecule has 0 radical (unpaired) electrons. The molecule has 1 aromatic heterocycles. The summed E-state index contributed by atoms with van der Waals surface area (Å²) >= 11 is 3.44. The number of aromatic nitrogens is 2. The predicted molar refractivity (Wildman–Crippen MR) is 97.7 cm³/mol. The molecule has 7 nitrogen and oxygen atoms in total. The summed E-state index contributed by atoms with van der Waals surface area (Å²) in [4.78, 5) is 8.37. The highest BCUT2D eigenvalue weighted by atomic mass is 79.9. The van der Waals surface area contributed by atoms with Crippen molar-refractivity contribution in [1.82, 2.24) is 9.97 Å². The number of hydrogen-bond donors (Lipinski definition) is 2. The average molecular weight is 412 g/mol. The van der Waals surface area contributed by atoms with Crippen LogP contribution in [0.25, 0.3) is 0 Å².